The molecule has 214 valence electrons. The minimum Gasteiger partial charge on any atom is -0.489 e. The number of halogens is 1. The number of nitrogens with one attached hydrogen (secondary N) is 3. The summed E-state index contributed by atoms with van der Waals surface area (Å²) in [7, 11) is -1.35. The Hall–Kier alpha value is -2.76. The van der Waals surface area contributed by atoms with Crippen LogP contribution < -0.4 is 20.7 Å². The number of anilines is 4. The number of aromatic nitrogens is 2. The molecule has 40 heavy (non-hydrogen) atoms. The Morgan fingerprint density at radius 2 is 1.88 bits per heavy atom. The van der Waals surface area contributed by atoms with Crippen LogP contribution in [0.3, 0.4) is 0 Å². The van der Waals surface area contributed by atoms with Crippen LogP contribution in [0.15, 0.2) is 47.5 Å². The van der Waals surface area contributed by atoms with Crippen LogP contribution in [0.2, 0.25) is 5.02 Å². The fraction of sp³-hybridized carbons (Fsp3) is 0.448. The number of hydrogen-bond acceptors (Lipinski definition) is 8. The van der Waals surface area contributed by atoms with Gasteiger partial charge in [0.1, 0.15) is 21.8 Å². The van der Waals surface area contributed by atoms with Crippen LogP contribution in [0.1, 0.15) is 43.7 Å². The van der Waals surface area contributed by atoms with E-state index in [0.29, 0.717) is 59.6 Å². The highest BCUT2D eigenvalue weighted by atomic mass is 35.5. The lowest BCUT2D eigenvalue weighted by atomic mass is 9.87. The third kappa shape index (κ3) is 6.92. The first-order valence-electron chi connectivity index (χ1n) is 13.8. The molecular weight excluding hydrogens is 548 g/mol. The average Bonchev–Trinajstić information content (AvgIpc) is 2.96. The Morgan fingerprint density at radius 3 is 2.62 bits per heavy atom. The zero-order valence-electron chi connectivity index (χ0n) is 23.2. The largest absolute Gasteiger partial charge is 0.489 e. The zero-order chi connectivity index (χ0) is 28.1. The van der Waals surface area contributed by atoms with Crippen LogP contribution in [0.25, 0.3) is 0 Å². The molecule has 0 radical (unpaired) electrons. The molecule has 1 atom stereocenters. The van der Waals surface area contributed by atoms with Crippen molar-refractivity contribution >= 4 is 45.7 Å². The summed E-state index contributed by atoms with van der Waals surface area (Å²) in [4.78, 5) is 9.81. The van der Waals surface area contributed by atoms with Gasteiger partial charge in [-0.15, -0.1) is 0 Å². The lowest BCUT2D eigenvalue weighted by Gasteiger charge is -2.26. The molecule has 2 fully saturated rings. The maximum absolute atomic E-state index is 13.4. The molecule has 9 nitrogen and oxygen atoms in total. The first kappa shape index (κ1) is 28.8. The first-order valence-corrected chi connectivity index (χ1v) is 15.3. The molecule has 1 unspecified atom stereocenters. The van der Waals surface area contributed by atoms with Crippen LogP contribution >= 0.6 is 11.6 Å². The first-order chi connectivity index (χ1) is 19.4. The van der Waals surface area contributed by atoms with Crippen LogP contribution in [-0.4, -0.2) is 64.0 Å². The monoisotopic (exact) mass is 584 g/mol. The maximum Gasteiger partial charge on any atom is 0.229 e. The normalized spacial score (nSPS) is 17.5. The lowest BCUT2D eigenvalue weighted by molar-refractivity contribution is 0.0752. The van der Waals surface area contributed by atoms with E-state index in [2.05, 4.69) is 40.0 Å². The average molecular weight is 585 g/mol. The van der Waals surface area contributed by atoms with E-state index in [-0.39, 0.29) is 6.10 Å². The van der Waals surface area contributed by atoms with Gasteiger partial charge in [0.2, 0.25) is 5.95 Å². The topological polar surface area (TPSA) is 101 Å². The molecule has 2 saturated heterocycles. The van der Waals surface area contributed by atoms with E-state index >= 15 is 0 Å². The number of piperidine rings is 1. The van der Waals surface area contributed by atoms with E-state index in [1.54, 1.807) is 6.20 Å². The van der Waals surface area contributed by atoms with E-state index in [0.717, 1.165) is 37.4 Å². The van der Waals surface area contributed by atoms with Crippen molar-refractivity contribution in [2.75, 3.05) is 50.0 Å². The molecule has 0 bridgehead atoms. The summed E-state index contributed by atoms with van der Waals surface area (Å²) < 4.78 is 26.9. The van der Waals surface area contributed by atoms with Gasteiger partial charge in [0.15, 0.2) is 5.82 Å². The Balaban J connectivity index is 1.42. The number of morpholine rings is 1. The van der Waals surface area contributed by atoms with Gasteiger partial charge in [-0.2, -0.15) is 4.98 Å². The Kier molecular flexibility index (Phi) is 9.54. The molecule has 2 aromatic carbocycles. The minimum atomic E-state index is -1.35. The van der Waals surface area contributed by atoms with Gasteiger partial charge in [-0.3, -0.25) is 0 Å². The third-order valence-corrected chi connectivity index (χ3v) is 8.88. The minimum absolute atomic E-state index is 0.0110. The standard InChI is InChI=1S/C29H37ClN6O3S/c1-19(2)39-26-16-20(3)22(21-8-10-31-11-9-21)17-25(26)34-29-32-18-23(30)28(35-29)33-24-6-4-5-7-27(24)40(37)36-12-14-38-15-13-36/h4-7,16-19,21,31H,8-15H2,1-3H3,(H2,32,33,34,35). The number of ether oxygens (including phenoxy) is 2. The van der Waals surface area contributed by atoms with Gasteiger partial charge in [0.25, 0.3) is 0 Å². The van der Waals surface area contributed by atoms with E-state index in [1.165, 1.54) is 11.1 Å². The molecule has 2 aliphatic rings. The zero-order valence-corrected chi connectivity index (χ0v) is 24.8. The highest BCUT2D eigenvalue weighted by Crippen LogP contribution is 2.37. The molecule has 3 heterocycles. The van der Waals surface area contributed by atoms with E-state index in [9.17, 15) is 4.21 Å². The molecular formula is C29H37ClN6O3S. The van der Waals surface area contributed by atoms with Gasteiger partial charge in [-0.05, 0) is 88.0 Å². The van der Waals surface area contributed by atoms with E-state index < -0.39 is 11.0 Å². The fourth-order valence-corrected chi connectivity index (χ4v) is 6.46. The number of hydrogen-bond donors (Lipinski definition) is 3. The molecule has 11 heteroatoms. The van der Waals surface area contributed by atoms with Crippen LogP contribution in [0.4, 0.5) is 23.1 Å². The van der Waals surface area contributed by atoms with Gasteiger partial charge in [-0.1, -0.05) is 23.7 Å². The molecule has 5 rings (SSSR count). The van der Waals surface area contributed by atoms with Crippen molar-refractivity contribution in [2.45, 2.75) is 50.5 Å². The van der Waals surface area contributed by atoms with E-state index in [1.807, 2.05) is 42.4 Å². The van der Waals surface area contributed by atoms with Crippen molar-refractivity contribution in [1.82, 2.24) is 19.6 Å². The van der Waals surface area contributed by atoms with Crippen LogP contribution in [0.5, 0.6) is 5.75 Å². The number of benzene rings is 2. The summed E-state index contributed by atoms with van der Waals surface area (Å²) in [6.45, 7) is 10.6. The second-order valence-electron chi connectivity index (χ2n) is 10.3. The predicted molar refractivity (Wildman–Crippen MR) is 161 cm³/mol. The highest BCUT2D eigenvalue weighted by molar-refractivity contribution is 7.82. The SMILES string of the molecule is Cc1cc(OC(C)C)c(Nc2ncc(Cl)c(Nc3ccccc3S(=O)N3CCOCC3)n2)cc1C1CCNCC1. The van der Waals surface area contributed by atoms with Crippen molar-refractivity contribution in [3.8, 4) is 5.75 Å². The number of aryl methyl sites for hydroxylation is 1. The molecule has 0 aliphatic carbocycles. The predicted octanol–water partition coefficient (Wildman–Crippen LogP) is 5.53. The summed E-state index contributed by atoms with van der Waals surface area (Å²) in [5.74, 6) is 2.04. The second-order valence-corrected chi connectivity index (χ2v) is 12.2. The molecule has 0 amide bonds. The fourth-order valence-electron chi connectivity index (χ4n) is 5.06. The van der Waals surface area contributed by atoms with Crippen molar-refractivity contribution in [2.24, 2.45) is 0 Å². The van der Waals surface area contributed by atoms with Crippen molar-refractivity contribution in [3.05, 3.63) is 58.7 Å². The van der Waals surface area contributed by atoms with Crippen LogP contribution in [0, 0.1) is 6.92 Å². The van der Waals surface area contributed by atoms with Gasteiger partial charge in [0, 0.05) is 13.1 Å². The lowest BCUT2D eigenvalue weighted by Crippen LogP contribution is -2.37. The quantitative estimate of drug-likeness (QED) is 0.302. The Labute approximate surface area is 243 Å². The van der Waals surface area contributed by atoms with E-state index in [4.69, 9.17) is 26.1 Å². The molecule has 3 aromatic rings. The van der Waals surface area contributed by atoms with Crippen molar-refractivity contribution in [3.63, 3.8) is 0 Å². The third-order valence-electron chi connectivity index (χ3n) is 7.03. The summed E-state index contributed by atoms with van der Waals surface area (Å²) in [5.41, 5.74) is 4.02. The van der Waals surface area contributed by atoms with Crippen LogP contribution in [-0.2, 0) is 15.7 Å². The van der Waals surface area contributed by atoms with Gasteiger partial charge >= 0.3 is 0 Å². The Bertz CT molecular complexity index is 1350. The van der Waals surface area contributed by atoms with Gasteiger partial charge < -0.3 is 25.4 Å². The molecule has 1 aromatic heterocycles. The molecule has 0 saturated carbocycles. The second kappa shape index (κ2) is 13.3. The summed E-state index contributed by atoms with van der Waals surface area (Å²) in [5, 5.41) is 10.5. The number of nitrogens with zero attached hydrogens (tertiary/aromatic N) is 3. The van der Waals surface area contributed by atoms with Gasteiger partial charge in [0.05, 0.1) is 41.8 Å². The summed E-state index contributed by atoms with van der Waals surface area (Å²) in [6.07, 6.45) is 3.77. The highest BCUT2D eigenvalue weighted by Gasteiger charge is 2.23. The smallest absolute Gasteiger partial charge is 0.229 e. The Morgan fingerprint density at radius 1 is 1.12 bits per heavy atom. The summed E-state index contributed by atoms with van der Waals surface area (Å²) >= 11 is 6.53. The number of rotatable bonds is 9. The maximum atomic E-state index is 13.4. The summed E-state index contributed by atoms with van der Waals surface area (Å²) in [6, 6.07) is 11.8. The van der Waals surface area contributed by atoms with Crippen molar-refractivity contribution < 1.29 is 13.7 Å². The van der Waals surface area contributed by atoms with Gasteiger partial charge in [-0.25, -0.2) is 13.5 Å². The molecule has 0 spiro atoms. The van der Waals surface area contributed by atoms with Crippen molar-refractivity contribution in [1.29, 1.82) is 0 Å². The molecule has 2 aliphatic heterocycles. The molecule has 3 N–H and O–H groups in total. The number of para-hydroxylation sites is 1.